The van der Waals surface area contributed by atoms with Gasteiger partial charge in [0.05, 0.1) is 0 Å². The van der Waals surface area contributed by atoms with Crippen LogP contribution >= 0.6 is 0 Å². The molecule has 4 heteroatoms. The summed E-state index contributed by atoms with van der Waals surface area (Å²) in [6, 6.07) is 0. The number of amides is 1. The van der Waals surface area contributed by atoms with Crippen LogP contribution in [0.15, 0.2) is 0 Å². The van der Waals surface area contributed by atoms with E-state index in [1.165, 1.54) is 38.8 Å². The SMILES string of the molecule is O=C(O)N1CCC(CCC2CCNCC2)CC1. The van der Waals surface area contributed by atoms with Crippen LogP contribution in [-0.2, 0) is 0 Å². The van der Waals surface area contributed by atoms with E-state index in [2.05, 4.69) is 5.32 Å². The van der Waals surface area contributed by atoms with Gasteiger partial charge in [-0.25, -0.2) is 4.79 Å². The van der Waals surface area contributed by atoms with Gasteiger partial charge in [0.25, 0.3) is 0 Å². The van der Waals surface area contributed by atoms with Crippen molar-refractivity contribution < 1.29 is 9.90 Å². The highest BCUT2D eigenvalue weighted by atomic mass is 16.4. The molecule has 2 fully saturated rings. The Balaban J connectivity index is 1.62. The highest BCUT2D eigenvalue weighted by Gasteiger charge is 2.23. The van der Waals surface area contributed by atoms with Crippen LogP contribution in [0.5, 0.6) is 0 Å². The van der Waals surface area contributed by atoms with E-state index >= 15 is 0 Å². The summed E-state index contributed by atoms with van der Waals surface area (Å²) in [7, 11) is 0. The molecule has 2 saturated heterocycles. The third-order valence-corrected chi connectivity index (χ3v) is 4.33. The van der Waals surface area contributed by atoms with E-state index in [4.69, 9.17) is 5.11 Å². The van der Waals surface area contributed by atoms with Gasteiger partial charge in [0.1, 0.15) is 0 Å². The van der Waals surface area contributed by atoms with Gasteiger partial charge >= 0.3 is 6.09 Å². The molecule has 0 radical (unpaired) electrons. The molecule has 0 bridgehead atoms. The van der Waals surface area contributed by atoms with Crippen LogP contribution in [0.4, 0.5) is 4.79 Å². The molecular weight excluding hydrogens is 216 g/mol. The first-order valence-electron chi connectivity index (χ1n) is 6.94. The summed E-state index contributed by atoms with van der Waals surface area (Å²) >= 11 is 0. The molecule has 0 atom stereocenters. The highest BCUT2D eigenvalue weighted by Crippen LogP contribution is 2.26. The zero-order valence-corrected chi connectivity index (χ0v) is 10.5. The number of hydrogen-bond acceptors (Lipinski definition) is 2. The van der Waals surface area contributed by atoms with Crippen molar-refractivity contribution in [2.24, 2.45) is 11.8 Å². The molecule has 0 spiro atoms. The predicted octanol–water partition coefficient (Wildman–Crippen LogP) is 2.16. The molecule has 0 saturated carbocycles. The highest BCUT2D eigenvalue weighted by molar-refractivity contribution is 5.64. The van der Waals surface area contributed by atoms with Crippen LogP contribution in [0.2, 0.25) is 0 Å². The number of nitrogens with zero attached hydrogens (tertiary/aromatic N) is 1. The Morgan fingerprint density at radius 2 is 1.59 bits per heavy atom. The molecule has 2 rings (SSSR count). The maximum absolute atomic E-state index is 10.8. The molecule has 0 aromatic rings. The van der Waals surface area contributed by atoms with Crippen LogP contribution in [0.25, 0.3) is 0 Å². The number of carboxylic acid groups (broad SMARTS) is 1. The average Bonchev–Trinajstić information content (AvgIpc) is 2.38. The lowest BCUT2D eigenvalue weighted by Crippen LogP contribution is -2.37. The van der Waals surface area contributed by atoms with Crippen molar-refractivity contribution >= 4 is 6.09 Å². The van der Waals surface area contributed by atoms with E-state index in [9.17, 15) is 4.79 Å². The number of carbonyl (C=O) groups is 1. The lowest BCUT2D eigenvalue weighted by Gasteiger charge is -2.31. The Morgan fingerprint density at radius 1 is 1.06 bits per heavy atom. The van der Waals surface area contributed by atoms with Crippen molar-refractivity contribution in [1.29, 1.82) is 0 Å². The monoisotopic (exact) mass is 240 g/mol. The fourth-order valence-electron chi connectivity index (χ4n) is 3.05. The van der Waals surface area contributed by atoms with Crippen LogP contribution in [0.3, 0.4) is 0 Å². The number of likely N-dealkylation sites (tertiary alicyclic amines) is 1. The minimum atomic E-state index is -0.748. The van der Waals surface area contributed by atoms with E-state index in [0.717, 1.165) is 37.8 Å². The topological polar surface area (TPSA) is 52.6 Å². The van der Waals surface area contributed by atoms with Gasteiger partial charge in [-0.15, -0.1) is 0 Å². The minimum Gasteiger partial charge on any atom is -0.465 e. The lowest BCUT2D eigenvalue weighted by molar-refractivity contribution is 0.121. The number of nitrogens with one attached hydrogen (secondary N) is 1. The summed E-state index contributed by atoms with van der Waals surface area (Å²) in [4.78, 5) is 12.3. The Bertz CT molecular complexity index is 244. The van der Waals surface area contributed by atoms with Gasteiger partial charge in [0, 0.05) is 13.1 Å². The lowest BCUT2D eigenvalue weighted by atomic mass is 9.86. The molecule has 0 aliphatic carbocycles. The molecule has 2 N–H and O–H groups in total. The zero-order chi connectivity index (χ0) is 12.1. The van der Waals surface area contributed by atoms with Crippen molar-refractivity contribution in [3.8, 4) is 0 Å². The van der Waals surface area contributed by atoms with Crippen LogP contribution in [-0.4, -0.2) is 42.3 Å². The number of piperidine rings is 2. The normalized spacial score (nSPS) is 23.9. The van der Waals surface area contributed by atoms with Gasteiger partial charge in [-0.05, 0) is 50.6 Å². The summed E-state index contributed by atoms with van der Waals surface area (Å²) in [5.74, 6) is 1.68. The summed E-state index contributed by atoms with van der Waals surface area (Å²) in [6.07, 6.45) is 6.69. The summed E-state index contributed by atoms with van der Waals surface area (Å²) < 4.78 is 0. The van der Waals surface area contributed by atoms with Gasteiger partial charge in [0.15, 0.2) is 0 Å². The van der Waals surface area contributed by atoms with E-state index in [-0.39, 0.29) is 0 Å². The smallest absolute Gasteiger partial charge is 0.407 e. The Morgan fingerprint density at radius 3 is 2.12 bits per heavy atom. The van der Waals surface area contributed by atoms with Crippen molar-refractivity contribution in [2.75, 3.05) is 26.2 Å². The Kier molecular flexibility index (Phi) is 4.66. The standard InChI is InChI=1S/C13H24N2O2/c16-13(17)15-9-5-12(6-10-15)2-1-11-3-7-14-8-4-11/h11-12,14H,1-10H2,(H,16,17). The van der Waals surface area contributed by atoms with E-state index in [0.29, 0.717) is 0 Å². The van der Waals surface area contributed by atoms with Gasteiger partial charge in [0.2, 0.25) is 0 Å². The number of rotatable bonds is 3. The minimum absolute atomic E-state index is 0.742. The molecule has 2 aliphatic heterocycles. The quantitative estimate of drug-likeness (QED) is 0.795. The second-order valence-corrected chi connectivity index (χ2v) is 5.48. The maximum atomic E-state index is 10.8. The Labute approximate surface area is 103 Å². The molecule has 2 heterocycles. The largest absolute Gasteiger partial charge is 0.465 e. The van der Waals surface area contributed by atoms with E-state index < -0.39 is 6.09 Å². The van der Waals surface area contributed by atoms with Crippen molar-refractivity contribution in [1.82, 2.24) is 10.2 Å². The van der Waals surface area contributed by atoms with Crippen LogP contribution in [0, 0.1) is 11.8 Å². The van der Waals surface area contributed by atoms with Crippen LogP contribution in [0.1, 0.15) is 38.5 Å². The molecule has 4 nitrogen and oxygen atoms in total. The second-order valence-electron chi connectivity index (χ2n) is 5.48. The molecule has 0 aromatic heterocycles. The summed E-state index contributed by atoms with van der Waals surface area (Å²) in [6.45, 7) is 3.85. The molecule has 1 amide bonds. The fourth-order valence-corrected chi connectivity index (χ4v) is 3.05. The van der Waals surface area contributed by atoms with Crippen LogP contribution < -0.4 is 5.32 Å². The maximum Gasteiger partial charge on any atom is 0.407 e. The molecular formula is C13H24N2O2. The molecule has 0 aromatic carbocycles. The number of hydrogen-bond donors (Lipinski definition) is 2. The zero-order valence-electron chi connectivity index (χ0n) is 10.5. The van der Waals surface area contributed by atoms with Gasteiger partial charge in [-0.2, -0.15) is 0 Å². The first kappa shape index (κ1) is 12.7. The van der Waals surface area contributed by atoms with Gasteiger partial charge in [-0.1, -0.05) is 12.8 Å². The molecule has 0 unspecified atom stereocenters. The van der Waals surface area contributed by atoms with E-state index in [1.54, 1.807) is 4.90 Å². The van der Waals surface area contributed by atoms with Crippen molar-refractivity contribution in [2.45, 2.75) is 38.5 Å². The second kappa shape index (κ2) is 6.24. The molecule has 98 valence electrons. The van der Waals surface area contributed by atoms with Gasteiger partial charge < -0.3 is 15.3 Å². The van der Waals surface area contributed by atoms with Gasteiger partial charge in [-0.3, -0.25) is 0 Å². The predicted molar refractivity (Wildman–Crippen MR) is 67.1 cm³/mol. The third kappa shape index (κ3) is 3.87. The summed E-state index contributed by atoms with van der Waals surface area (Å²) in [5, 5.41) is 12.3. The van der Waals surface area contributed by atoms with E-state index in [1.807, 2.05) is 0 Å². The molecule has 17 heavy (non-hydrogen) atoms. The first-order valence-corrected chi connectivity index (χ1v) is 6.94. The van der Waals surface area contributed by atoms with Crippen molar-refractivity contribution in [3.63, 3.8) is 0 Å². The van der Waals surface area contributed by atoms with Crippen molar-refractivity contribution in [3.05, 3.63) is 0 Å². The molecule has 2 aliphatic rings. The Hall–Kier alpha value is -0.770. The summed E-state index contributed by atoms with van der Waals surface area (Å²) in [5.41, 5.74) is 0. The third-order valence-electron chi connectivity index (χ3n) is 4.33. The average molecular weight is 240 g/mol. The fraction of sp³-hybridized carbons (Fsp3) is 0.923. The first-order chi connectivity index (χ1) is 8.25.